The average Bonchev–Trinajstić information content (AvgIpc) is 2.48. The Morgan fingerprint density at radius 2 is 2.04 bits per heavy atom. The lowest BCUT2D eigenvalue weighted by Crippen LogP contribution is -2.51. The Morgan fingerprint density at radius 3 is 2.52 bits per heavy atom. The van der Waals surface area contributed by atoms with Gasteiger partial charge in [0, 0.05) is 6.20 Å². The molecule has 0 spiro atoms. The molecule has 0 aromatic carbocycles. The Bertz CT molecular complexity index is 577. The minimum absolute atomic E-state index is 0.00524. The molecule has 0 saturated heterocycles. The number of hydrogen-bond acceptors (Lipinski definition) is 4. The van der Waals surface area contributed by atoms with Crippen molar-refractivity contribution in [3.63, 3.8) is 0 Å². The molecule has 1 heterocycles. The number of hydrogen-bond donors (Lipinski definition) is 2. The van der Waals surface area contributed by atoms with Crippen LogP contribution < -0.4 is 10.6 Å². The van der Waals surface area contributed by atoms with Gasteiger partial charge in [0.1, 0.15) is 5.54 Å². The van der Waals surface area contributed by atoms with Crippen molar-refractivity contribution in [1.29, 1.82) is 5.26 Å². The maximum absolute atomic E-state index is 12.2. The largest absolute Gasteiger partial charge is 0.337 e. The second-order valence-electron chi connectivity index (χ2n) is 6.83. The van der Waals surface area contributed by atoms with Crippen LogP contribution in [0.15, 0.2) is 18.3 Å². The number of pyridine rings is 1. The van der Waals surface area contributed by atoms with Gasteiger partial charge in [0.15, 0.2) is 0 Å². The third-order valence-corrected chi connectivity index (χ3v) is 4.28. The SMILES string of the molecule is Cc1cccnc1C(NCC(=O)NC(C)(C#N)C(C)C)C(C)C. The van der Waals surface area contributed by atoms with Crippen LogP contribution in [0.1, 0.15) is 51.9 Å². The van der Waals surface area contributed by atoms with Gasteiger partial charge in [-0.2, -0.15) is 5.26 Å². The molecular weight excluding hydrogens is 288 g/mol. The zero-order valence-corrected chi connectivity index (χ0v) is 15.0. The zero-order chi connectivity index (χ0) is 17.6. The van der Waals surface area contributed by atoms with E-state index in [9.17, 15) is 10.1 Å². The molecule has 0 aliphatic rings. The van der Waals surface area contributed by atoms with E-state index in [2.05, 4.69) is 35.5 Å². The van der Waals surface area contributed by atoms with Gasteiger partial charge < -0.3 is 5.32 Å². The van der Waals surface area contributed by atoms with Crippen LogP contribution in [0, 0.1) is 30.1 Å². The van der Waals surface area contributed by atoms with Crippen LogP contribution >= 0.6 is 0 Å². The van der Waals surface area contributed by atoms with E-state index in [1.54, 1.807) is 13.1 Å². The van der Waals surface area contributed by atoms with Gasteiger partial charge in [-0.05, 0) is 37.3 Å². The van der Waals surface area contributed by atoms with Gasteiger partial charge in [0.05, 0.1) is 24.3 Å². The minimum Gasteiger partial charge on any atom is -0.337 e. The molecular formula is C18H28N4O. The molecule has 23 heavy (non-hydrogen) atoms. The van der Waals surface area contributed by atoms with Crippen molar-refractivity contribution in [1.82, 2.24) is 15.6 Å². The third kappa shape index (κ3) is 5.04. The fourth-order valence-electron chi connectivity index (χ4n) is 2.31. The summed E-state index contributed by atoms with van der Waals surface area (Å²) in [6.45, 7) is 12.0. The quantitative estimate of drug-likeness (QED) is 0.811. The molecule has 0 saturated carbocycles. The Kier molecular flexibility index (Phi) is 6.71. The van der Waals surface area contributed by atoms with E-state index in [1.807, 2.05) is 32.9 Å². The molecule has 0 fully saturated rings. The van der Waals surface area contributed by atoms with E-state index >= 15 is 0 Å². The van der Waals surface area contributed by atoms with Crippen molar-refractivity contribution in [2.45, 2.75) is 53.1 Å². The number of nitrogens with zero attached hydrogens (tertiary/aromatic N) is 2. The number of amides is 1. The highest BCUT2D eigenvalue weighted by Gasteiger charge is 2.30. The summed E-state index contributed by atoms with van der Waals surface area (Å²) >= 11 is 0. The van der Waals surface area contributed by atoms with Crippen molar-refractivity contribution in [3.05, 3.63) is 29.6 Å². The number of carbonyl (C=O) groups is 1. The number of nitriles is 1. The topological polar surface area (TPSA) is 77.8 Å². The lowest BCUT2D eigenvalue weighted by Gasteiger charge is -2.28. The summed E-state index contributed by atoms with van der Waals surface area (Å²) in [5.41, 5.74) is 1.21. The summed E-state index contributed by atoms with van der Waals surface area (Å²) in [5, 5.41) is 15.4. The lowest BCUT2D eigenvalue weighted by molar-refractivity contribution is -0.122. The average molecular weight is 316 g/mol. The maximum Gasteiger partial charge on any atom is 0.235 e. The first kappa shape index (κ1) is 19.1. The first-order chi connectivity index (χ1) is 10.7. The van der Waals surface area contributed by atoms with Gasteiger partial charge in [0.25, 0.3) is 0 Å². The summed E-state index contributed by atoms with van der Waals surface area (Å²) in [5.74, 6) is 0.154. The normalized spacial score (nSPS) is 15.1. The molecule has 0 radical (unpaired) electrons. The van der Waals surface area contributed by atoms with E-state index in [0.717, 1.165) is 11.3 Å². The number of aryl methyl sites for hydroxylation is 1. The standard InChI is InChI=1S/C18H28N4O/c1-12(2)16(17-14(5)8-7-9-20-17)21-10-15(23)22-18(6,11-19)13(3)4/h7-9,12-13,16,21H,10H2,1-6H3,(H,22,23). The molecule has 0 aliphatic carbocycles. The van der Waals surface area contributed by atoms with Gasteiger partial charge in [-0.25, -0.2) is 0 Å². The second-order valence-corrected chi connectivity index (χ2v) is 6.83. The Balaban J connectivity index is 2.76. The van der Waals surface area contributed by atoms with E-state index in [4.69, 9.17) is 0 Å². The summed E-state index contributed by atoms with van der Waals surface area (Å²) in [6, 6.07) is 6.11. The molecule has 5 heteroatoms. The fraction of sp³-hybridized carbons (Fsp3) is 0.611. The monoisotopic (exact) mass is 316 g/mol. The Morgan fingerprint density at radius 1 is 1.39 bits per heavy atom. The van der Waals surface area contributed by atoms with Gasteiger partial charge in [0.2, 0.25) is 5.91 Å². The zero-order valence-electron chi connectivity index (χ0n) is 15.0. The van der Waals surface area contributed by atoms with Crippen LogP contribution in [0.3, 0.4) is 0 Å². The molecule has 2 N–H and O–H groups in total. The van der Waals surface area contributed by atoms with Crippen LogP contribution in [0.25, 0.3) is 0 Å². The number of carbonyl (C=O) groups excluding carboxylic acids is 1. The second kappa shape index (κ2) is 8.07. The molecule has 5 nitrogen and oxygen atoms in total. The summed E-state index contributed by atoms with van der Waals surface area (Å²) < 4.78 is 0. The maximum atomic E-state index is 12.2. The fourth-order valence-corrected chi connectivity index (χ4v) is 2.31. The molecule has 126 valence electrons. The molecule has 1 aromatic heterocycles. The number of aromatic nitrogens is 1. The molecule has 0 bridgehead atoms. The number of rotatable bonds is 7. The molecule has 1 aromatic rings. The van der Waals surface area contributed by atoms with Gasteiger partial charge in [-0.3, -0.25) is 15.1 Å². The van der Waals surface area contributed by atoms with Gasteiger partial charge in [-0.1, -0.05) is 33.8 Å². The highest BCUT2D eigenvalue weighted by molar-refractivity contribution is 5.79. The van der Waals surface area contributed by atoms with Crippen molar-refractivity contribution >= 4 is 5.91 Å². The van der Waals surface area contributed by atoms with E-state index in [0.29, 0.717) is 5.92 Å². The van der Waals surface area contributed by atoms with Crippen LogP contribution in [0.5, 0.6) is 0 Å². The van der Waals surface area contributed by atoms with E-state index in [-0.39, 0.29) is 24.4 Å². The van der Waals surface area contributed by atoms with E-state index in [1.165, 1.54) is 0 Å². The first-order valence-corrected chi connectivity index (χ1v) is 8.08. The number of nitrogens with one attached hydrogen (secondary N) is 2. The molecule has 2 atom stereocenters. The third-order valence-electron chi connectivity index (χ3n) is 4.28. The molecule has 0 aliphatic heterocycles. The minimum atomic E-state index is -0.854. The van der Waals surface area contributed by atoms with Crippen molar-refractivity contribution in [3.8, 4) is 6.07 Å². The summed E-state index contributed by atoms with van der Waals surface area (Å²) in [4.78, 5) is 16.7. The smallest absolute Gasteiger partial charge is 0.235 e. The van der Waals surface area contributed by atoms with E-state index < -0.39 is 5.54 Å². The van der Waals surface area contributed by atoms with Gasteiger partial charge >= 0.3 is 0 Å². The highest BCUT2D eigenvalue weighted by atomic mass is 16.2. The van der Waals surface area contributed by atoms with Crippen LogP contribution in [0.2, 0.25) is 0 Å². The van der Waals surface area contributed by atoms with Crippen LogP contribution in [-0.2, 0) is 4.79 Å². The summed E-state index contributed by atoms with van der Waals surface area (Å²) in [7, 11) is 0. The Hall–Kier alpha value is -1.93. The van der Waals surface area contributed by atoms with Gasteiger partial charge in [-0.15, -0.1) is 0 Å². The van der Waals surface area contributed by atoms with Crippen molar-refractivity contribution in [2.75, 3.05) is 6.54 Å². The lowest BCUT2D eigenvalue weighted by atomic mass is 9.90. The Labute approximate surface area is 139 Å². The summed E-state index contributed by atoms with van der Waals surface area (Å²) in [6.07, 6.45) is 1.77. The predicted octanol–water partition coefficient (Wildman–Crippen LogP) is 2.73. The van der Waals surface area contributed by atoms with Crippen LogP contribution in [-0.4, -0.2) is 23.0 Å². The van der Waals surface area contributed by atoms with Crippen LogP contribution in [0.4, 0.5) is 0 Å². The molecule has 1 amide bonds. The first-order valence-electron chi connectivity index (χ1n) is 8.08. The molecule has 2 unspecified atom stereocenters. The van der Waals surface area contributed by atoms with Crippen molar-refractivity contribution in [2.24, 2.45) is 11.8 Å². The predicted molar refractivity (Wildman–Crippen MR) is 91.6 cm³/mol. The highest BCUT2D eigenvalue weighted by Crippen LogP contribution is 2.22. The molecule has 1 rings (SSSR count). The van der Waals surface area contributed by atoms with Crippen molar-refractivity contribution < 1.29 is 4.79 Å².